The lowest BCUT2D eigenvalue weighted by atomic mass is 10.1. The lowest BCUT2D eigenvalue weighted by Gasteiger charge is -2.13. The molecule has 0 aliphatic carbocycles. The van der Waals surface area contributed by atoms with Crippen molar-refractivity contribution in [3.63, 3.8) is 0 Å². The normalized spacial score (nSPS) is 11.8. The standard InChI is InChI=1S/C19H24N2O4/c1-6-7-8-23-16-9-13(2)19(14(3)10-16)25-12-18-20-17(11-24-18)15(4)21-22-5/h6-7,9-11H,8,12H2,1-5H3/b7-6+,21-15-. The Labute approximate surface area is 148 Å². The summed E-state index contributed by atoms with van der Waals surface area (Å²) in [5, 5.41) is 3.83. The second-order valence-corrected chi connectivity index (χ2v) is 5.54. The SMILES string of the molecule is C/C=C/COc1cc(C)c(OCc2nc(/C(C)=N\OC)co2)c(C)c1. The predicted octanol–water partition coefficient (Wildman–Crippen LogP) is 4.20. The molecule has 134 valence electrons. The molecule has 0 unspecified atom stereocenters. The highest BCUT2D eigenvalue weighted by Gasteiger charge is 2.11. The number of allylic oxidation sites excluding steroid dienone is 1. The molecule has 0 saturated carbocycles. The second kappa shape index (κ2) is 8.92. The minimum absolute atomic E-state index is 0.237. The van der Waals surface area contributed by atoms with Crippen LogP contribution in [0.2, 0.25) is 0 Å². The summed E-state index contributed by atoms with van der Waals surface area (Å²) in [5.74, 6) is 2.11. The largest absolute Gasteiger partial charge is 0.490 e. The minimum atomic E-state index is 0.237. The molecule has 0 radical (unpaired) electrons. The van der Waals surface area contributed by atoms with Crippen LogP contribution in [0.3, 0.4) is 0 Å². The molecule has 1 aromatic carbocycles. The van der Waals surface area contributed by atoms with Crippen LogP contribution in [0, 0.1) is 13.8 Å². The molecule has 0 N–H and O–H groups in total. The molecule has 0 fully saturated rings. The van der Waals surface area contributed by atoms with E-state index in [4.69, 9.17) is 18.7 Å². The molecule has 0 spiro atoms. The van der Waals surface area contributed by atoms with E-state index < -0.39 is 0 Å². The van der Waals surface area contributed by atoms with E-state index in [9.17, 15) is 0 Å². The number of hydrogen-bond donors (Lipinski definition) is 0. The fraction of sp³-hybridized carbons (Fsp3) is 0.368. The van der Waals surface area contributed by atoms with Crippen molar-refractivity contribution in [1.29, 1.82) is 0 Å². The highest BCUT2D eigenvalue weighted by Crippen LogP contribution is 2.29. The number of hydrogen-bond acceptors (Lipinski definition) is 6. The van der Waals surface area contributed by atoms with Gasteiger partial charge in [0.2, 0.25) is 5.89 Å². The van der Waals surface area contributed by atoms with Crippen LogP contribution in [0.25, 0.3) is 0 Å². The van der Waals surface area contributed by atoms with Crippen molar-refractivity contribution < 1.29 is 18.7 Å². The van der Waals surface area contributed by atoms with Crippen LogP contribution in [-0.4, -0.2) is 24.4 Å². The minimum Gasteiger partial charge on any atom is -0.490 e. The molecular formula is C19H24N2O4. The van der Waals surface area contributed by atoms with Gasteiger partial charge in [-0.25, -0.2) is 4.98 Å². The Bertz CT molecular complexity index is 740. The lowest BCUT2D eigenvalue weighted by molar-refractivity contribution is 0.213. The van der Waals surface area contributed by atoms with Crippen molar-refractivity contribution >= 4 is 5.71 Å². The number of nitrogens with zero attached hydrogens (tertiary/aromatic N) is 2. The van der Waals surface area contributed by atoms with Crippen LogP contribution >= 0.6 is 0 Å². The van der Waals surface area contributed by atoms with Gasteiger partial charge in [-0.3, -0.25) is 0 Å². The number of oxazole rings is 1. The van der Waals surface area contributed by atoms with Gasteiger partial charge in [-0.1, -0.05) is 17.3 Å². The number of aryl methyl sites for hydroxylation is 2. The maximum absolute atomic E-state index is 5.89. The molecule has 0 aliphatic heterocycles. The average Bonchev–Trinajstić information content (AvgIpc) is 3.04. The highest BCUT2D eigenvalue weighted by molar-refractivity contribution is 5.96. The topological polar surface area (TPSA) is 66.1 Å². The molecule has 0 aliphatic rings. The van der Waals surface area contributed by atoms with Crippen LogP contribution in [-0.2, 0) is 11.4 Å². The van der Waals surface area contributed by atoms with Crippen LogP contribution in [0.5, 0.6) is 11.5 Å². The summed E-state index contributed by atoms with van der Waals surface area (Å²) in [7, 11) is 1.49. The number of aromatic nitrogens is 1. The second-order valence-electron chi connectivity index (χ2n) is 5.54. The van der Waals surface area contributed by atoms with E-state index in [0.29, 0.717) is 23.9 Å². The van der Waals surface area contributed by atoms with Gasteiger partial charge in [0.05, 0.1) is 0 Å². The Morgan fingerprint density at radius 2 is 1.96 bits per heavy atom. The van der Waals surface area contributed by atoms with E-state index in [1.165, 1.54) is 13.4 Å². The predicted molar refractivity (Wildman–Crippen MR) is 96.3 cm³/mol. The fourth-order valence-corrected chi connectivity index (χ4v) is 2.32. The Kier molecular flexibility index (Phi) is 6.62. The third-order valence-electron chi connectivity index (χ3n) is 3.51. The summed E-state index contributed by atoms with van der Waals surface area (Å²) in [6.45, 7) is 8.53. The summed E-state index contributed by atoms with van der Waals surface area (Å²) in [6.07, 6.45) is 5.46. The number of benzene rings is 1. The van der Waals surface area contributed by atoms with Crippen molar-refractivity contribution in [2.75, 3.05) is 13.7 Å². The third-order valence-corrected chi connectivity index (χ3v) is 3.51. The Balaban J connectivity index is 2.04. The molecule has 25 heavy (non-hydrogen) atoms. The third kappa shape index (κ3) is 5.11. The monoisotopic (exact) mass is 344 g/mol. The maximum Gasteiger partial charge on any atom is 0.232 e. The van der Waals surface area contributed by atoms with E-state index in [0.717, 1.165) is 22.6 Å². The van der Waals surface area contributed by atoms with Crippen LogP contribution in [0.1, 0.15) is 36.6 Å². The van der Waals surface area contributed by atoms with Gasteiger partial charge in [-0.15, -0.1) is 0 Å². The van der Waals surface area contributed by atoms with E-state index >= 15 is 0 Å². The molecule has 1 aromatic heterocycles. The first-order valence-corrected chi connectivity index (χ1v) is 8.05. The molecule has 0 amide bonds. The van der Waals surface area contributed by atoms with Gasteiger partial charge >= 0.3 is 0 Å². The first kappa shape index (κ1) is 18.6. The van der Waals surface area contributed by atoms with Gasteiger partial charge in [0.15, 0.2) is 6.61 Å². The fourth-order valence-electron chi connectivity index (χ4n) is 2.32. The van der Waals surface area contributed by atoms with Crippen molar-refractivity contribution in [3.05, 3.63) is 53.3 Å². The quantitative estimate of drug-likeness (QED) is 0.408. The summed E-state index contributed by atoms with van der Waals surface area (Å²) >= 11 is 0. The van der Waals surface area contributed by atoms with E-state index in [2.05, 4.69) is 10.1 Å². The van der Waals surface area contributed by atoms with Crippen LogP contribution in [0.15, 0.2) is 40.1 Å². The molecule has 1 heterocycles. The maximum atomic E-state index is 5.89. The number of rotatable bonds is 8. The van der Waals surface area contributed by atoms with Crippen LogP contribution in [0.4, 0.5) is 0 Å². The molecule has 2 rings (SSSR count). The zero-order chi connectivity index (χ0) is 18.2. The first-order chi connectivity index (χ1) is 12.0. The number of oxime groups is 1. The van der Waals surface area contributed by atoms with Crippen molar-refractivity contribution in [1.82, 2.24) is 4.98 Å². The Hall–Kier alpha value is -2.76. The number of ether oxygens (including phenoxy) is 2. The zero-order valence-corrected chi connectivity index (χ0v) is 15.3. The summed E-state index contributed by atoms with van der Waals surface area (Å²) in [6, 6.07) is 3.92. The van der Waals surface area contributed by atoms with E-state index in [1.807, 2.05) is 45.1 Å². The van der Waals surface area contributed by atoms with Gasteiger partial charge in [0, 0.05) is 0 Å². The Morgan fingerprint density at radius 3 is 2.60 bits per heavy atom. The molecule has 2 aromatic rings. The molecular weight excluding hydrogens is 320 g/mol. The molecule has 0 saturated heterocycles. The molecule has 6 nitrogen and oxygen atoms in total. The summed E-state index contributed by atoms with van der Waals surface area (Å²) in [4.78, 5) is 9.07. The highest BCUT2D eigenvalue weighted by atomic mass is 16.6. The zero-order valence-electron chi connectivity index (χ0n) is 15.3. The Morgan fingerprint density at radius 1 is 1.24 bits per heavy atom. The summed E-state index contributed by atoms with van der Waals surface area (Å²) in [5.41, 5.74) is 3.27. The van der Waals surface area contributed by atoms with Crippen molar-refractivity contribution in [2.45, 2.75) is 34.3 Å². The van der Waals surface area contributed by atoms with Gasteiger partial charge in [-0.2, -0.15) is 0 Å². The average molecular weight is 344 g/mol. The molecule has 0 atom stereocenters. The van der Waals surface area contributed by atoms with Gasteiger partial charge < -0.3 is 18.7 Å². The van der Waals surface area contributed by atoms with Crippen molar-refractivity contribution in [3.8, 4) is 11.5 Å². The van der Waals surface area contributed by atoms with E-state index in [1.54, 1.807) is 6.92 Å². The molecule has 6 heteroatoms. The van der Waals surface area contributed by atoms with E-state index in [-0.39, 0.29) is 6.61 Å². The van der Waals surface area contributed by atoms with Crippen molar-refractivity contribution in [2.24, 2.45) is 5.16 Å². The van der Waals surface area contributed by atoms with Crippen LogP contribution < -0.4 is 9.47 Å². The van der Waals surface area contributed by atoms with Gasteiger partial charge in [-0.05, 0) is 51.0 Å². The smallest absolute Gasteiger partial charge is 0.232 e. The van der Waals surface area contributed by atoms with Gasteiger partial charge in [0.1, 0.15) is 42.9 Å². The van der Waals surface area contributed by atoms with Gasteiger partial charge in [0.25, 0.3) is 0 Å². The summed E-state index contributed by atoms with van der Waals surface area (Å²) < 4.78 is 17.0. The lowest BCUT2D eigenvalue weighted by Crippen LogP contribution is -2.02. The first-order valence-electron chi connectivity index (χ1n) is 8.05. The molecule has 0 bridgehead atoms.